The van der Waals surface area contributed by atoms with Gasteiger partial charge in [0, 0.05) is 127 Å². The molecule has 0 aromatic heterocycles. The average molecular weight is 2000 g/mol. The van der Waals surface area contributed by atoms with Gasteiger partial charge in [0.2, 0.25) is 95.6 Å². The predicted molar refractivity (Wildman–Crippen MR) is 480 cm³/mol. The molecule has 0 aliphatic carbocycles. The molecule has 6 aliphatic rings. The summed E-state index contributed by atoms with van der Waals surface area (Å²) in [5.74, 6) is -4.59. The average Bonchev–Trinajstić information content (AvgIpc) is 0.851. The number of sulfonamides is 6. The molecule has 0 spiro atoms. The van der Waals surface area contributed by atoms with Crippen molar-refractivity contribution in [1.82, 2.24) is 25.8 Å². The first kappa shape index (κ1) is 106. The lowest BCUT2D eigenvalue weighted by Gasteiger charge is -2.30. The zero-order valence-corrected chi connectivity index (χ0v) is 77.3. The molecule has 30 nitrogen and oxygen atoms in total. The monoisotopic (exact) mass is 1990 g/mol. The van der Waals surface area contributed by atoms with Crippen LogP contribution in [0.4, 0.5) is 56.1 Å². The van der Waals surface area contributed by atoms with Crippen molar-refractivity contribution in [1.29, 1.82) is 0 Å². The van der Waals surface area contributed by atoms with E-state index in [0.29, 0.717) is 149 Å². The largest absolute Gasteiger partial charge is 0.416 e. The van der Waals surface area contributed by atoms with Crippen LogP contribution in [-0.4, -0.2) is 228 Å². The third-order valence-electron chi connectivity index (χ3n) is 20.5. The number of piperidine rings is 6. The van der Waals surface area contributed by atoms with E-state index in [4.69, 9.17) is 34.8 Å². The Balaban J connectivity index is 0.000000232. The fourth-order valence-electron chi connectivity index (χ4n) is 13.7. The third kappa shape index (κ3) is 36.2. The van der Waals surface area contributed by atoms with Gasteiger partial charge in [-0.05, 0) is 217 Å². The number of nitrogens with zero attached hydrogens (tertiary/aromatic N) is 6. The highest BCUT2D eigenvalue weighted by molar-refractivity contribution is 9.10. The number of carbonyl (C=O) groups is 6. The summed E-state index contributed by atoms with van der Waals surface area (Å²) in [6.45, 7) is 3.95. The van der Waals surface area contributed by atoms with Crippen molar-refractivity contribution in [3.8, 4) is 0 Å². The van der Waals surface area contributed by atoms with Gasteiger partial charge in [-0.3, -0.25) is 28.8 Å². The van der Waals surface area contributed by atoms with Crippen LogP contribution in [0.3, 0.4) is 0 Å². The molecule has 6 saturated heterocycles. The highest BCUT2D eigenvalue weighted by Crippen LogP contribution is 2.32. The van der Waals surface area contributed by atoms with Gasteiger partial charge in [0.15, 0.2) is 0 Å². The number of alkyl halides is 3. The number of benzene rings is 6. The van der Waals surface area contributed by atoms with Crippen LogP contribution < -0.4 is 31.9 Å². The smallest absolute Gasteiger partial charge is 0.326 e. The molecule has 692 valence electrons. The van der Waals surface area contributed by atoms with Gasteiger partial charge in [0.05, 0.1) is 83.6 Å². The van der Waals surface area contributed by atoms with Gasteiger partial charge in [-0.1, -0.05) is 58.2 Å². The maximum Gasteiger partial charge on any atom is 0.416 e. The van der Waals surface area contributed by atoms with E-state index in [0.717, 1.165) is 47.1 Å². The second kappa shape index (κ2) is 47.8. The summed E-state index contributed by atoms with van der Waals surface area (Å²) in [4.78, 5) is 72.9. The maximum atomic E-state index is 13.3. The maximum absolute atomic E-state index is 13.3. The number of nitrogens with one attached hydrogen (secondary N) is 6. The summed E-state index contributed by atoms with van der Waals surface area (Å²) >= 11 is 20.5. The number of rotatable bonds is 18. The zero-order valence-electron chi connectivity index (χ0n) is 68.6. The Labute approximate surface area is 752 Å². The molecule has 0 radical (unpaired) electrons. The number of anilines is 6. The van der Waals surface area contributed by atoms with E-state index < -0.39 is 95.4 Å². The molecule has 6 fully saturated rings. The fourth-order valence-corrected chi connectivity index (χ4v) is 19.8. The van der Waals surface area contributed by atoms with Gasteiger partial charge in [-0.15, -0.1) is 0 Å². The van der Waals surface area contributed by atoms with Crippen LogP contribution in [-0.2, 0) is 95.1 Å². The highest BCUT2D eigenvalue weighted by atomic mass is 79.9. The lowest BCUT2D eigenvalue weighted by molar-refractivity contribution is -0.137. The van der Waals surface area contributed by atoms with Crippen LogP contribution in [0.15, 0.2) is 144 Å². The minimum atomic E-state index is -4.43. The molecular weight excluding hydrogens is 1890 g/mol. The molecule has 1 unspecified atom stereocenters. The quantitative estimate of drug-likeness (QED) is 0.0435. The lowest BCUT2D eigenvalue weighted by atomic mass is 9.98. The van der Waals surface area contributed by atoms with Gasteiger partial charge < -0.3 is 31.9 Å². The van der Waals surface area contributed by atoms with Crippen molar-refractivity contribution >= 4 is 180 Å². The van der Waals surface area contributed by atoms with Crippen LogP contribution in [0.1, 0.15) is 90.0 Å². The summed E-state index contributed by atoms with van der Waals surface area (Å²) in [6.07, 6.45) is 10.3. The van der Waals surface area contributed by atoms with E-state index in [1.807, 2.05) is 12.1 Å². The van der Waals surface area contributed by atoms with Crippen molar-refractivity contribution in [3.05, 3.63) is 176 Å². The fraction of sp³-hybridized carbons (Fsp3) is 0.475. The van der Waals surface area contributed by atoms with Gasteiger partial charge in [-0.2, -0.15) is 13.2 Å². The second-order valence-corrected chi connectivity index (χ2v) is 44.5. The van der Waals surface area contributed by atoms with Crippen molar-refractivity contribution in [2.75, 3.05) is 148 Å². The Morgan fingerprint density at radius 2 is 0.528 bits per heavy atom. The molecule has 6 aromatic carbocycles. The first-order valence-corrected chi connectivity index (χ1v) is 52.0. The molecule has 125 heavy (non-hydrogen) atoms. The van der Waals surface area contributed by atoms with Crippen molar-refractivity contribution in [2.24, 2.45) is 35.5 Å². The number of amides is 6. The number of hydrogen-bond donors (Lipinski definition) is 6. The molecule has 6 amide bonds. The Bertz CT molecular complexity index is 4960. The predicted octanol–water partition coefficient (Wildman–Crippen LogP) is 12.4. The third-order valence-corrected chi connectivity index (χ3v) is 29.4. The zero-order chi connectivity index (χ0) is 91.9. The molecule has 6 atom stereocenters. The molecule has 6 heterocycles. The van der Waals surface area contributed by atoms with Crippen LogP contribution in [0.2, 0.25) is 15.1 Å². The summed E-state index contributed by atoms with van der Waals surface area (Å²) < 4.78 is 211. The molecule has 0 bridgehead atoms. The van der Waals surface area contributed by atoms with Crippen LogP contribution >= 0.6 is 50.7 Å². The normalized spacial score (nSPS) is 20.3. The second-order valence-electron chi connectivity index (χ2n) is 30.4. The molecular formula is C80H105BrCl3F5N12O18S6. The van der Waals surface area contributed by atoms with E-state index in [9.17, 15) is 101 Å². The Morgan fingerprint density at radius 1 is 0.328 bits per heavy atom. The summed E-state index contributed by atoms with van der Waals surface area (Å²) in [5.41, 5.74) is 2.31. The van der Waals surface area contributed by atoms with E-state index in [1.54, 1.807) is 60.7 Å². The minimum Gasteiger partial charge on any atom is -0.326 e. The van der Waals surface area contributed by atoms with Gasteiger partial charge in [-0.25, -0.2) is 85.1 Å². The van der Waals surface area contributed by atoms with Gasteiger partial charge >= 0.3 is 6.18 Å². The van der Waals surface area contributed by atoms with Crippen molar-refractivity contribution in [2.45, 2.75) is 90.7 Å². The van der Waals surface area contributed by atoms with E-state index >= 15 is 0 Å². The molecule has 45 heteroatoms. The number of halogens is 9. The molecule has 12 rings (SSSR count). The van der Waals surface area contributed by atoms with Crippen LogP contribution in [0.25, 0.3) is 0 Å². The Hall–Kier alpha value is -7.40. The lowest BCUT2D eigenvalue weighted by Crippen LogP contribution is -2.43. The standard InChI is InChI=1S/C14H17F3N2O3S.C13H17BrN2O3S.C13H16ClFN2O3S.2C13H17ClN2O3S.C13H17FN2O3S.CH4/c1-23(21,22)19-8-2-3-10(9-19)13(20)18-12-6-4-11(5-7-12)14(15,16)17;1-20(18,19)16-8-2-3-10(9-16)13(17)15-12-6-4-11(14)5-7-12;1-21(19,20)17-6-2-3-9(8-17)13(18)16-10-4-5-11(14)12(15)7-10;3*1-20(18,19)16-8-2-3-10(9-16)13(17)15-12-6-4-11(14)5-7-12;/h4-7,10H,2-3,8-9H2,1H3,(H,18,20);4-7,10H,2-3,8-9H2,1H3,(H,15,17);4-5,7,9H,2-3,6,8H2,1H3,(H,16,18);3*4-7,10H,2-3,8-9H2,1H3,(H,15,17);1H4/t;10-;9-;3*10-;/m.00100./s1. The number of hydrogen-bond acceptors (Lipinski definition) is 18. The Kier molecular flexibility index (Phi) is 40.7. The van der Waals surface area contributed by atoms with E-state index in [1.165, 1.54) is 93.1 Å². The van der Waals surface area contributed by atoms with Crippen molar-refractivity contribution < 1.29 is 101 Å². The Morgan fingerprint density at radius 3 is 0.744 bits per heavy atom. The summed E-state index contributed by atoms with van der Waals surface area (Å²) in [6, 6.07) is 34.6. The molecule has 6 aromatic rings. The summed E-state index contributed by atoms with van der Waals surface area (Å²) in [7, 11) is -19.6. The van der Waals surface area contributed by atoms with Crippen molar-refractivity contribution in [3.63, 3.8) is 0 Å². The van der Waals surface area contributed by atoms with E-state index in [2.05, 4.69) is 47.8 Å². The van der Waals surface area contributed by atoms with Crippen LogP contribution in [0, 0.1) is 47.1 Å². The molecule has 6 N–H and O–H groups in total. The highest BCUT2D eigenvalue weighted by Gasteiger charge is 2.37. The SMILES string of the molecule is C.CS(=O)(=O)N1CCCC(C(=O)Nc2ccc(C(F)(F)F)cc2)C1.CS(=O)(=O)N1CCC[C@@H](C(=O)Nc2ccc(Cl)cc2)C1.CS(=O)(=O)N1CCC[C@H](C(=O)Nc2ccc(Br)cc2)C1.CS(=O)(=O)N1CCC[C@H](C(=O)Nc2ccc(Cl)c(F)c2)C1.CS(=O)(=O)N1CCC[C@H](C(=O)Nc2ccc(Cl)cc2)C1.CS(=O)(=O)N1CCC[C@H](C(=O)Nc2ccc(F)cc2)C1. The first-order valence-electron chi connectivity index (χ1n) is 39.0. The molecule has 0 saturated carbocycles. The molecule has 6 aliphatic heterocycles. The van der Waals surface area contributed by atoms with Gasteiger partial charge in [0.25, 0.3) is 0 Å². The topological polar surface area (TPSA) is 399 Å². The first-order chi connectivity index (χ1) is 57.8. The van der Waals surface area contributed by atoms with Crippen LogP contribution in [0.5, 0.6) is 0 Å². The minimum absolute atomic E-state index is 0. The van der Waals surface area contributed by atoms with E-state index in [-0.39, 0.29) is 116 Å². The number of carbonyl (C=O) groups excluding carboxylic acids is 6. The summed E-state index contributed by atoms with van der Waals surface area (Å²) in [5, 5.41) is 17.4. The van der Waals surface area contributed by atoms with Gasteiger partial charge in [0.1, 0.15) is 11.6 Å².